The number of methoxy groups -OCH3 is 1. The quantitative estimate of drug-likeness (QED) is 0.182. The number of aliphatic hydroxyl groups excluding tert-OH is 4. The Morgan fingerprint density at radius 2 is 1.60 bits per heavy atom. The molecule has 10 atom stereocenters. The first-order valence-electron chi connectivity index (χ1n) is 14.6. The minimum atomic E-state index is -1.59. The summed E-state index contributed by atoms with van der Waals surface area (Å²) in [6, 6.07) is 6.07. The summed E-state index contributed by atoms with van der Waals surface area (Å²) in [7, 11) is 1.25. The summed E-state index contributed by atoms with van der Waals surface area (Å²) in [5.41, 5.74) is 0.813. The van der Waals surface area contributed by atoms with Crippen molar-refractivity contribution < 1.29 is 49.0 Å². The molecule has 2 amide bonds. The average molecular weight is 635 g/mol. The van der Waals surface area contributed by atoms with E-state index in [2.05, 4.69) is 31.0 Å². The summed E-state index contributed by atoms with van der Waals surface area (Å²) in [5.74, 6) is -0.349. The summed E-state index contributed by atoms with van der Waals surface area (Å²) in [6.07, 6.45) is -12.1. The van der Waals surface area contributed by atoms with E-state index in [4.69, 9.17) is 18.9 Å². The van der Waals surface area contributed by atoms with Crippen molar-refractivity contribution in [1.29, 1.82) is 0 Å². The predicted octanol–water partition coefficient (Wildman–Crippen LogP) is -1.62. The van der Waals surface area contributed by atoms with Gasteiger partial charge in [0.05, 0.1) is 18.8 Å². The summed E-state index contributed by atoms with van der Waals surface area (Å²) in [4.78, 5) is 25.4. The lowest BCUT2D eigenvalue weighted by atomic mass is 9.78. The number of aryl methyl sites for hydroxylation is 1. The molecule has 2 saturated heterocycles. The zero-order valence-electron chi connectivity index (χ0n) is 26.0. The van der Waals surface area contributed by atoms with Crippen LogP contribution in [0.1, 0.15) is 39.1 Å². The molecule has 0 radical (unpaired) electrons. The van der Waals surface area contributed by atoms with Crippen molar-refractivity contribution in [2.24, 2.45) is 5.41 Å². The van der Waals surface area contributed by atoms with Crippen LogP contribution in [0.3, 0.4) is 0 Å². The second kappa shape index (κ2) is 14.5. The van der Waals surface area contributed by atoms with Crippen molar-refractivity contribution in [3.05, 3.63) is 35.7 Å². The van der Waals surface area contributed by atoms with Gasteiger partial charge in [-0.1, -0.05) is 45.0 Å². The highest BCUT2D eigenvalue weighted by atomic mass is 16.7. The van der Waals surface area contributed by atoms with Crippen LogP contribution >= 0.6 is 0 Å². The number of benzene rings is 1. The van der Waals surface area contributed by atoms with Gasteiger partial charge in [0.15, 0.2) is 18.2 Å². The lowest BCUT2D eigenvalue weighted by Gasteiger charge is -2.50. The molecule has 2 aliphatic rings. The number of rotatable bonds is 9. The van der Waals surface area contributed by atoms with Gasteiger partial charge in [0.25, 0.3) is 5.91 Å². The molecule has 2 aromatic rings. The Hall–Kier alpha value is -3.22. The van der Waals surface area contributed by atoms with E-state index in [0.717, 1.165) is 0 Å². The van der Waals surface area contributed by atoms with E-state index in [1.165, 1.54) is 14.0 Å². The van der Waals surface area contributed by atoms with Gasteiger partial charge >= 0.3 is 0 Å². The van der Waals surface area contributed by atoms with E-state index < -0.39 is 85.0 Å². The van der Waals surface area contributed by atoms with Crippen molar-refractivity contribution in [3.63, 3.8) is 0 Å². The summed E-state index contributed by atoms with van der Waals surface area (Å²) in [6.45, 7) is 8.07. The van der Waals surface area contributed by atoms with Crippen LogP contribution in [-0.4, -0.2) is 128 Å². The highest BCUT2D eigenvalue weighted by Crippen LogP contribution is 2.36. The highest BCUT2D eigenvalue weighted by Gasteiger charge is 2.54. The third kappa shape index (κ3) is 7.96. The lowest BCUT2D eigenvalue weighted by Crippen LogP contribution is -2.70. The van der Waals surface area contributed by atoms with E-state index in [1.807, 2.05) is 20.8 Å². The van der Waals surface area contributed by atoms with E-state index >= 15 is 0 Å². The van der Waals surface area contributed by atoms with Crippen molar-refractivity contribution >= 4 is 11.8 Å². The molecule has 0 saturated carbocycles. The zero-order valence-corrected chi connectivity index (χ0v) is 26.0. The first-order chi connectivity index (χ1) is 21.2. The fraction of sp³-hybridized carbons (Fsp3) is 0.655. The van der Waals surface area contributed by atoms with Gasteiger partial charge in [-0.05, 0) is 17.9 Å². The van der Waals surface area contributed by atoms with Crippen LogP contribution in [0.5, 0.6) is 0 Å². The Labute approximate surface area is 260 Å². The smallest absolute Gasteiger partial charge is 0.252 e. The number of amides is 2. The molecule has 1 aromatic carbocycles. The van der Waals surface area contributed by atoms with Crippen LogP contribution in [0.25, 0.3) is 11.4 Å². The predicted molar refractivity (Wildman–Crippen MR) is 155 cm³/mol. The fourth-order valence-corrected chi connectivity index (χ4v) is 5.46. The molecule has 16 nitrogen and oxygen atoms in total. The van der Waals surface area contributed by atoms with Crippen LogP contribution in [0.15, 0.2) is 24.3 Å². The number of nitrogens with one attached hydrogen (secondary N) is 2. The molecular weight excluding hydrogens is 592 g/mol. The first-order valence-corrected chi connectivity index (χ1v) is 14.6. The number of carbonyl (C=O) groups is 2. The van der Waals surface area contributed by atoms with Crippen molar-refractivity contribution in [2.45, 2.75) is 102 Å². The van der Waals surface area contributed by atoms with E-state index in [1.54, 1.807) is 31.2 Å². The second-order valence-corrected chi connectivity index (χ2v) is 12.3. The van der Waals surface area contributed by atoms with E-state index in [-0.39, 0.29) is 6.54 Å². The Kier molecular flexibility index (Phi) is 11.1. The number of ether oxygens (including phenoxy) is 4. The highest BCUT2D eigenvalue weighted by molar-refractivity contribution is 5.81. The third-order valence-electron chi connectivity index (χ3n) is 7.75. The standard InChI is InChI=1S/C29H42N6O10/c1-13-32-34-26(35-33-13)16-9-7-15(8-10-16)11-30-27(41)24-20(39)23(42-6)21(40)28(45-24)44-22-18(31-14(2)37)25(29(3,4)5)43-17(12-36)19(22)38/h7-10,17-25,28,36,38-40H,11-12H2,1-6H3,(H,30,41)(H,31,37). The molecule has 16 heteroatoms. The molecule has 248 valence electrons. The molecule has 1 aromatic heterocycles. The van der Waals surface area contributed by atoms with E-state index in [0.29, 0.717) is 22.8 Å². The van der Waals surface area contributed by atoms with Crippen LogP contribution < -0.4 is 10.6 Å². The molecule has 4 rings (SSSR count). The van der Waals surface area contributed by atoms with Gasteiger partial charge in [0.2, 0.25) is 11.7 Å². The average Bonchev–Trinajstić information content (AvgIpc) is 2.99. The Morgan fingerprint density at radius 3 is 2.16 bits per heavy atom. The number of aliphatic hydroxyl groups is 4. The maximum Gasteiger partial charge on any atom is 0.252 e. The minimum Gasteiger partial charge on any atom is -0.394 e. The number of hydrogen-bond acceptors (Lipinski definition) is 14. The lowest BCUT2D eigenvalue weighted by molar-refractivity contribution is -0.329. The molecule has 3 heterocycles. The topological polar surface area (TPSA) is 228 Å². The van der Waals surface area contributed by atoms with Gasteiger partial charge in [-0.2, -0.15) is 0 Å². The molecule has 6 N–H and O–H groups in total. The summed E-state index contributed by atoms with van der Waals surface area (Å²) >= 11 is 0. The zero-order chi connectivity index (χ0) is 33.1. The first kappa shape index (κ1) is 34.6. The molecule has 10 unspecified atom stereocenters. The van der Waals surface area contributed by atoms with Crippen LogP contribution in [0, 0.1) is 12.3 Å². The Balaban J connectivity index is 1.50. The molecule has 45 heavy (non-hydrogen) atoms. The number of aromatic nitrogens is 4. The van der Waals surface area contributed by atoms with Gasteiger partial charge in [0.1, 0.15) is 36.6 Å². The van der Waals surface area contributed by atoms with Crippen LogP contribution in [-0.2, 0) is 35.1 Å². The molecule has 0 bridgehead atoms. The second-order valence-electron chi connectivity index (χ2n) is 12.3. The molecule has 2 aliphatic heterocycles. The molecular formula is C29H42N6O10. The summed E-state index contributed by atoms with van der Waals surface area (Å²) < 4.78 is 23.2. The van der Waals surface area contributed by atoms with Crippen molar-refractivity contribution in [3.8, 4) is 11.4 Å². The third-order valence-corrected chi connectivity index (χ3v) is 7.75. The Bertz CT molecular complexity index is 1290. The van der Waals surface area contributed by atoms with E-state index in [9.17, 15) is 30.0 Å². The molecule has 2 fully saturated rings. The number of carbonyl (C=O) groups excluding carboxylic acids is 2. The van der Waals surface area contributed by atoms with Gasteiger partial charge in [-0.3, -0.25) is 9.59 Å². The fourth-order valence-electron chi connectivity index (χ4n) is 5.46. The minimum absolute atomic E-state index is 0.0669. The van der Waals surface area contributed by atoms with Crippen LogP contribution in [0.2, 0.25) is 0 Å². The monoisotopic (exact) mass is 634 g/mol. The van der Waals surface area contributed by atoms with Crippen LogP contribution in [0.4, 0.5) is 0 Å². The normalized spacial score (nSPS) is 32.1. The molecule has 0 spiro atoms. The maximum atomic E-state index is 13.3. The van der Waals surface area contributed by atoms with Gasteiger partial charge in [-0.25, -0.2) is 0 Å². The SMILES string of the molecule is COC1C(O)C(OC2C(O)C(CO)OC(C(C)(C)C)C2NC(C)=O)OC(C(=O)NCc2ccc(-c3nnc(C)nn3)cc2)C1O. The van der Waals surface area contributed by atoms with Crippen molar-refractivity contribution in [1.82, 2.24) is 31.0 Å². The summed E-state index contributed by atoms with van der Waals surface area (Å²) in [5, 5.41) is 64.2. The number of nitrogens with zero attached hydrogens (tertiary/aromatic N) is 4. The Morgan fingerprint density at radius 1 is 0.956 bits per heavy atom. The van der Waals surface area contributed by atoms with Crippen molar-refractivity contribution in [2.75, 3.05) is 13.7 Å². The molecule has 0 aliphatic carbocycles. The van der Waals surface area contributed by atoms with Gasteiger partial charge in [0, 0.05) is 26.1 Å². The largest absolute Gasteiger partial charge is 0.394 e. The maximum absolute atomic E-state index is 13.3. The van der Waals surface area contributed by atoms with Gasteiger partial charge < -0.3 is 50.0 Å². The number of hydrogen-bond donors (Lipinski definition) is 6. The van der Waals surface area contributed by atoms with Gasteiger partial charge in [-0.15, -0.1) is 20.4 Å².